The maximum absolute atomic E-state index is 11.2. The number of carboxylic acid groups (broad SMARTS) is 1. The largest absolute Gasteiger partial charge is 0.481 e. The molecule has 1 saturated heterocycles. The van der Waals surface area contributed by atoms with Crippen LogP contribution in [0.5, 0.6) is 0 Å². The van der Waals surface area contributed by atoms with E-state index < -0.39 is 11.4 Å². The van der Waals surface area contributed by atoms with Crippen molar-refractivity contribution in [1.82, 2.24) is 20.2 Å². The fraction of sp³-hybridized carbons (Fsp3) is 0.550. The summed E-state index contributed by atoms with van der Waals surface area (Å²) in [4.78, 5) is 22.3. The molecular formula is C20H28N6O4. The molecule has 3 heterocycles. The molecule has 0 radical (unpaired) electrons. The summed E-state index contributed by atoms with van der Waals surface area (Å²) in [5.74, 6) is 1.19. The molecule has 30 heavy (non-hydrogen) atoms. The molecule has 1 aliphatic heterocycles. The minimum Gasteiger partial charge on any atom is -0.481 e. The van der Waals surface area contributed by atoms with Crippen molar-refractivity contribution in [3.05, 3.63) is 24.2 Å². The number of aromatic nitrogens is 4. The van der Waals surface area contributed by atoms with Gasteiger partial charge in [-0.25, -0.2) is 9.97 Å². The van der Waals surface area contributed by atoms with Gasteiger partial charge in [0.15, 0.2) is 11.6 Å². The fourth-order valence-electron chi connectivity index (χ4n) is 3.05. The Morgan fingerprint density at radius 3 is 2.80 bits per heavy atom. The predicted molar refractivity (Wildman–Crippen MR) is 111 cm³/mol. The third-order valence-electron chi connectivity index (χ3n) is 5.00. The summed E-state index contributed by atoms with van der Waals surface area (Å²) in [6.07, 6.45) is 4.67. The first-order valence-corrected chi connectivity index (χ1v) is 9.93. The minimum atomic E-state index is -0.874. The third kappa shape index (κ3) is 5.61. The average molecular weight is 416 g/mol. The van der Waals surface area contributed by atoms with Crippen molar-refractivity contribution in [2.75, 3.05) is 31.2 Å². The number of rotatable bonds is 10. The lowest BCUT2D eigenvalue weighted by Crippen LogP contribution is -2.39. The molecule has 3 rings (SSSR count). The Labute approximate surface area is 175 Å². The molecule has 10 heteroatoms. The summed E-state index contributed by atoms with van der Waals surface area (Å²) in [6, 6.07) is 3.89. The highest BCUT2D eigenvalue weighted by Gasteiger charge is 2.30. The number of aromatic amines is 1. The lowest BCUT2D eigenvalue weighted by Gasteiger charge is -2.34. The fourth-order valence-corrected chi connectivity index (χ4v) is 3.05. The van der Waals surface area contributed by atoms with E-state index in [0.717, 1.165) is 37.3 Å². The number of aliphatic carboxylic acids is 1. The second-order valence-electron chi connectivity index (χ2n) is 7.92. The summed E-state index contributed by atoms with van der Waals surface area (Å²) in [6.45, 7) is 5.69. The number of hydrogen-bond donors (Lipinski definition) is 3. The quantitative estimate of drug-likeness (QED) is 0.396. The molecule has 0 atom stereocenters. The predicted octanol–water partition coefficient (Wildman–Crippen LogP) is 2.13. The number of H-pyrrole nitrogens is 1. The SMILES string of the molecule is CC(C)(COC1CCN(c2ccc(-c3n[nH]c(COCC=N)n3)cn2)CC1)C(=O)O. The summed E-state index contributed by atoms with van der Waals surface area (Å²) in [5, 5.41) is 23.2. The lowest BCUT2D eigenvalue weighted by atomic mass is 9.95. The van der Waals surface area contributed by atoms with Gasteiger partial charge in [-0.15, -0.1) is 0 Å². The van der Waals surface area contributed by atoms with Crippen LogP contribution in [0.2, 0.25) is 0 Å². The van der Waals surface area contributed by atoms with Crippen LogP contribution in [-0.4, -0.2) is 69.9 Å². The topological polar surface area (TPSA) is 137 Å². The first-order valence-electron chi connectivity index (χ1n) is 9.93. The molecule has 1 fully saturated rings. The zero-order valence-corrected chi connectivity index (χ0v) is 17.3. The van der Waals surface area contributed by atoms with E-state index in [0.29, 0.717) is 11.6 Å². The number of nitrogens with zero attached hydrogens (tertiary/aromatic N) is 4. The number of carboxylic acids is 1. The standard InChI is InChI=1S/C20H28N6O4/c1-20(2,19(27)28)13-30-15-5-8-26(9-6-15)17-4-3-14(11-22-17)18-23-16(24-25-18)12-29-10-7-21/h3-4,7,11,15,21H,5-6,8-10,12-13H2,1-2H3,(H,27,28)(H,23,24,25). The Morgan fingerprint density at radius 2 is 2.17 bits per heavy atom. The average Bonchev–Trinajstić information content (AvgIpc) is 3.22. The molecule has 162 valence electrons. The maximum atomic E-state index is 11.2. The van der Waals surface area contributed by atoms with Crippen molar-refractivity contribution < 1.29 is 19.4 Å². The highest BCUT2D eigenvalue weighted by Crippen LogP contribution is 2.24. The highest BCUT2D eigenvalue weighted by molar-refractivity contribution is 5.73. The smallest absolute Gasteiger partial charge is 0.311 e. The molecule has 0 aliphatic carbocycles. The molecule has 1 aliphatic rings. The van der Waals surface area contributed by atoms with Crippen LogP contribution in [0.15, 0.2) is 18.3 Å². The number of anilines is 1. The third-order valence-corrected chi connectivity index (χ3v) is 5.00. The summed E-state index contributed by atoms with van der Waals surface area (Å²) >= 11 is 0. The molecule has 0 spiro atoms. The van der Waals surface area contributed by atoms with Gasteiger partial charge in [0.1, 0.15) is 12.4 Å². The van der Waals surface area contributed by atoms with Gasteiger partial charge in [0.05, 0.1) is 24.7 Å². The molecule has 0 saturated carbocycles. The lowest BCUT2D eigenvalue weighted by molar-refractivity contribution is -0.152. The number of carbonyl (C=O) groups is 1. The van der Waals surface area contributed by atoms with Gasteiger partial charge in [0.25, 0.3) is 0 Å². The Kier molecular flexibility index (Phi) is 7.11. The number of ether oxygens (including phenoxy) is 2. The van der Waals surface area contributed by atoms with Crippen LogP contribution in [0.4, 0.5) is 5.82 Å². The van der Waals surface area contributed by atoms with Gasteiger partial charge in [0.2, 0.25) is 0 Å². The van der Waals surface area contributed by atoms with Crippen LogP contribution in [-0.2, 0) is 20.9 Å². The molecule has 0 amide bonds. The first-order chi connectivity index (χ1) is 14.4. The van der Waals surface area contributed by atoms with Crippen LogP contribution < -0.4 is 4.90 Å². The van der Waals surface area contributed by atoms with Crippen molar-refractivity contribution >= 4 is 18.0 Å². The van der Waals surface area contributed by atoms with E-state index in [1.165, 1.54) is 6.21 Å². The van der Waals surface area contributed by atoms with E-state index >= 15 is 0 Å². The van der Waals surface area contributed by atoms with E-state index in [-0.39, 0.29) is 25.9 Å². The van der Waals surface area contributed by atoms with Crippen molar-refractivity contribution in [1.29, 1.82) is 5.41 Å². The van der Waals surface area contributed by atoms with Gasteiger partial charge in [-0.05, 0) is 38.8 Å². The maximum Gasteiger partial charge on any atom is 0.311 e. The molecule has 3 N–H and O–H groups in total. The Morgan fingerprint density at radius 1 is 1.40 bits per heavy atom. The Hall–Kier alpha value is -2.85. The molecule has 0 aromatic carbocycles. The molecule has 2 aromatic rings. The summed E-state index contributed by atoms with van der Waals surface area (Å²) < 4.78 is 11.1. The summed E-state index contributed by atoms with van der Waals surface area (Å²) in [5.41, 5.74) is -0.0663. The van der Waals surface area contributed by atoms with Crippen molar-refractivity contribution in [3.63, 3.8) is 0 Å². The zero-order valence-electron chi connectivity index (χ0n) is 17.3. The van der Waals surface area contributed by atoms with Crippen LogP contribution in [0, 0.1) is 10.8 Å². The van der Waals surface area contributed by atoms with E-state index in [2.05, 4.69) is 25.1 Å². The first kappa shape index (κ1) is 21.8. The van der Waals surface area contributed by atoms with Gasteiger partial charge in [0, 0.05) is 31.1 Å². The van der Waals surface area contributed by atoms with Gasteiger partial charge < -0.3 is 24.9 Å². The highest BCUT2D eigenvalue weighted by atomic mass is 16.5. The molecular weight excluding hydrogens is 388 g/mol. The molecule has 0 unspecified atom stereocenters. The number of hydrogen-bond acceptors (Lipinski definition) is 8. The zero-order chi connectivity index (χ0) is 21.6. The van der Waals surface area contributed by atoms with Crippen LogP contribution in [0.25, 0.3) is 11.4 Å². The van der Waals surface area contributed by atoms with E-state index in [1.807, 2.05) is 12.1 Å². The van der Waals surface area contributed by atoms with Crippen molar-refractivity contribution in [2.45, 2.75) is 39.4 Å². The van der Waals surface area contributed by atoms with Gasteiger partial charge in [-0.2, -0.15) is 5.10 Å². The number of piperidine rings is 1. The normalized spacial score (nSPS) is 15.3. The van der Waals surface area contributed by atoms with E-state index in [4.69, 9.17) is 14.9 Å². The van der Waals surface area contributed by atoms with Crippen LogP contribution in [0.1, 0.15) is 32.5 Å². The Balaban J connectivity index is 1.50. The van der Waals surface area contributed by atoms with Crippen molar-refractivity contribution in [3.8, 4) is 11.4 Å². The van der Waals surface area contributed by atoms with Gasteiger partial charge >= 0.3 is 5.97 Å². The molecule has 2 aromatic heterocycles. The summed E-state index contributed by atoms with van der Waals surface area (Å²) in [7, 11) is 0. The van der Waals surface area contributed by atoms with Gasteiger partial charge in [-0.3, -0.25) is 9.89 Å². The Bertz CT molecular complexity index is 843. The van der Waals surface area contributed by atoms with E-state index in [9.17, 15) is 9.90 Å². The molecule has 10 nitrogen and oxygen atoms in total. The molecule has 0 bridgehead atoms. The van der Waals surface area contributed by atoms with Crippen molar-refractivity contribution in [2.24, 2.45) is 5.41 Å². The van der Waals surface area contributed by atoms with Crippen LogP contribution in [0.3, 0.4) is 0 Å². The second-order valence-corrected chi connectivity index (χ2v) is 7.92. The monoisotopic (exact) mass is 416 g/mol. The van der Waals surface area contributed by atoms with Gasteiger partial charge in [-0.1, -0.05) is 0 Å². The van der Waals surface area contributed by atoms with E-state index in [1.54, 1.807) is 20.0 Å². The second kappa shape index (κ2) is 9.77. The van der Waals surface area contributed by atoms with Crippen LogP contribution >= 0.6 is 0 Å². The number of pyridine rings is 1. The minimum absolute atomic E-state index is 0.0701. The number of nitrogens with one attached hydrogen (secondary N) is 2.